The summed E-state index contributed by atoms with van der Waals surface area (Å²) in [5.41, 5.74) is 3.18. The lowest BCUT2D eigenvalue weighted by atomic mass is 9.99. The van der Waals surface area contributed by atoms with Crippen LogP contribution in [-0.2, 0) is 4.74 Å². The number of esters is 1. The van der Waals surface area contributed by atoms with Crippen LogP contribution in [-0.4, -0.2) is 55.6 Å². The van der Waals surface area contributed by atoms with Crippen LogP contribution >= 0.6 is 0 Å². The number of Topliss-reactive ketones (excluding diaryl/α,β-unsaturated/α-hetero) is 1. The molecule has 0 amide bonds. The largest absolute Gasteiger partial charge is 0.497 e. The zero-order chi connectivity index (χ0) is 22.0. The number of aromatic nitrogens is 1. The van der Waals surface area contributed by atoms with E-state index in [2.05, 4.69) is 9.88 Å². The van der Waals surface area contributed by atoms with Crippen LogP contribution in [0.4, 0.5) is 0 Å². The molecular formula is C23H30N2O5. The molecule has 1 aromatic heterocycles. The number of likely N-dealkylation sites (tertiary alicyclic amines) is 1. The Balaban J connectivity index is 1.93. The maximum Gasteiger partial charge on any atom is 0.339 e. The summed E-state index contributed by atoms with van der Waals surface area (Å²) in [4.78, 5) is 30.8. The predicted molar refractivity (Wildman–Crippen MR) is 114 cm³/mol. The molecule has 1 fully saturated rings. The van der Waals surface area contributed by atoms with Gasteiger partial charge in [-0.1, -0.05) is 0 Å². The van der Waals surface area contributed by atoms with Gasteiger partial charge in [-0.3, -0.25) is 9.69 Å². The van der Waals surface area contributed by atoms with Gasteiger partial charge in [-0.15, -0.1) is 0 Å². The Morgan fingerprint density at radius 3 is 2.53 bits per heavy atom. The third kappa shape index (κ3) is 3.81. The van der Waals surface area contributed by atoms with Gasteiger partial charge in [0.05, 0.1) is 38.6 Å². The summed E-state index contributed by atoms with van der Waals surface area (Å²) in [6.07, 6.45) is 1.91. The van der Waals surface area contributed by atoms with Crippen LogP contribution in [0.15, 0.2) is 18.2 Å². The van der Waals surface area contributed by atoms with Crippen molar-refractivity contribution in [2.24, 2.45) is 0 Å². The van der Waals surface area contributed by atoms with E-state index >= 15 is 0 Å². The third-order valence-electron chi connectivity index (χ3n) is 6.04. The van der Waals surface area contributed by atoms with E-state index in [1.807, 2.05) is 25.1 Å². The van der Waals surface area contributed by atoms with E-state index in [9.17, 15) is 9.59 Å². The molecular weight excluding hydrogens is 384 g/mol. The first-order valence-electron chi connectivity index (χ1n) is 10.1. The number of carbonyl (C=O) groups excluding carboxylic acids is 2. The van der Waals surface area contributed by atoms with Crippen molar-refractivity contribution in [1.82, 2.24) is 9.88 Å². The molecule has 0 radical (unpaired) electrons. The zero-order valence-corrected chi connectivity index (χ0v) is 18.5. The molecule has 3 rings (SSSR count). The second kappa shape index (κ2) is 8.92. The summed E-state index contributed by atoms with van der Waals surface area (Å²) in [6.45, 7) is 6.28. The monoisotopic (exact) mass is 414 g/mol. The predicted octanol–water partition coefficient (Wildman–Crippen LogP) is 3.84. The van der Waals surface area contributed by atoms with Gasteiger partial charge in [0.25, 0.3) is 0 Å². The highest BCUT2D eigenvalue weighted by Crippen LogP contribution is 2.40. The van der Waals surface area contributed by atoms with Crippen LogP contribution in [0, 0.1) is 13.8 Å². The summed E-state index contributed by atoms with van der Waals surface area (Å²) in [5.74, 6) is 1.06. The Labute approximate surface area is 177 Å². The molecule has 30 heavy (non-hydrogen) atoms. The highest BCUT2D eigenvalue weighted by atomic mass is 16.5. The Morgan fingerprint density at radius 1 is 1.17 bits per heavy atom. The molecule has 0 spiro atoms. The van der Waals surface area contributed by atoms with E-state index in [0.717, 1.165) is 36.4 Å². The van der Waals surface area contributed by atoms with Crippen LogP contribution in [0.2, 0.25) is 0 Å². The lowest BCUT2D eigenvalue weighted by Gasteiger charge is -2.31. The van der Waals surface area contributed by atoms with Crippen molar-refractivity contribution in [3.05, 3.63) is 46.3 Å². The van der Waals surface area contributed by atoms with Crippen molar-refractivity contribution >= 4 is 11.8 Å². The number of hydrogen-bond donors (Lipinski definition) is 1. The van der Waals surface area contributed by atoms with E-state index in [1.165, 1.54) is 7.11 Å². The number of benzene rings is 1. The molecule has 0 saturated carbocycles. The van der Waals surface area contributed by atoms with Crippen LogP contribution in [0.25, 0.3) is 0 Å². The highest BCUT2D eigenvalue weighted by Gasteiger charge is 2.36. The quantitative estimate of drug-likeness (QED) is 0.548. The van der Waals surface area contributed by atoms with Gasteiger partial charge < -0.3 is 19.2 Å². The van der Waals surface area contributed by atoms with Crippen molar-refractivity contribution < 1.29 is 23.8 Å². The number of aryl methyl sites for hydroxylation is 1. The number of carbonyl (C=O) groups is 2. The van der Waals surface area contributed by atoms with Crippen molar-refractivity contribution in [3.8, 4) is 11.5 Å². The summed E-state index contributed by atoms with van der Waals surface area (Å²) in [6, 6.07) is 5.44. The summed E-state index contributed by atoms with van der Waals surface area (Å²) in [7, 11) is 4.63. The SMILES string of the molecule is COC(=O)c1c(C)[nH]c(C(=O)[C@@H](C)N2CCC[C@@H]2c2cc(OC)ccc2OC)c1C. The van der Waals surface area contributed by atoms with Crippen molar-refractivity contribution in [2.75, 3.05) is 27.9 Å². The minimum absolute atomic E-state index is 0.0421. The molecule has 7 heteroatoms. The minimum Gasteiger partial charge on any atom is -0.497 e. The molecule has 0 aliphatic carbocycles. The molecule has 0 unspecified atom stereocenters. The van der Waals surface area contributed by atoms with Crippen molar-refractivity contribution in [3.63, 3.8) is 0 Å². The maximum absolute atomic E-state index is 13.4. The molecule has 2 heterocycles. The molecule has 1 N–H and O–H groups in total. The Hall–Kier alpha value is -2.80. The summed E-state index contributed by atoms with van der Waals surface area (Å²) >= 11 is 0. The van der Waals surface area contributed by atoms with Gasteiger partial charge in [-0.05, 0) is 63.9 Å². The minimum atomic E-state index is -0.437. The normalized spacial score (nSPS) is 17.6. The van der Waals surface area contributed by atoms with Gasteiger partial charge in [0.15, 0.2) is 5.78 Å². The number of ketones is 1. The van der Waals surface area contributed by atoms with Crippen molar-refractivity contribution in [2.45, 2.75) is 45.7 Å². The zero-order valence-electron chi connectivity index (χ0n) is 18.5. The number of methoxy groups -OCH3 is 3. The number of nitrogens with one attached hydrogen (secondary N) is 1. The van der Waals surface area contributed by atoms with Crippen molar-refractivity contribution in [1.29, 1.82) is 0 Å². The molecule has 0 bridgehead atoms. The number of rotatable bonds is 7. The van der Waals surface area contributed by atoms with Gasteiger partial charge in [0, 0.05) is 17.3 Å². The molecule has 7 nitrogen and oxygen atoms in total. The smallest absolute Gasteiger partial charge is 0.339 e. The highest BCUT2D eigenvalue weighted by molar-refractivity contribution is 6.03. The molecule has 2 atom stereocenters. The van der Waals surface area contributed by atoms with Crippen LogP contribution < -0.4 is 9.47 Å². The van der Waals surface area contributed by atoms with Gasteiger partial charge >= 0.3 is 5.97 Å². The van der Waals surface area contributed by atoms with E-state index in [1.54, 1.807) is 28.1 Å². The fourth-order valence-corrected chi connectivity index (χ4v) is 4.45. The lowest BCUT2D eigenvalue weighted by Crippen LogP contribution is -2.39. The Morgan fingerprint density at radius 2 is 1.90 bits per heavy atom. The summed E-state index contributed by atoms with van der Waals surface area (Å²) in [5, 5.41) is 0. The average Bonchev–Trinajstić information content (AvgIpc) is 3.36. The Bertz CT molecular complexity index is 949. The second-order valence-corrected chi connectivity index (χ2v) is 7.66. The number of hydrogen-bond acceptors (Lipinski definition) is 6. The first-order valence-corrected chi connectivity index (χ1v) is 10.1. The molecule has 1 saturated heterocycles. The topological polar surface area (TPSA) is 80.9 Å². The van der Waals surface area contributed by atoms with Gasteiger partial charge in [0.2, 0.25) is 0 Å². The van der Waals surface area contributed by atoms with Crippen LogP contribution in [0.5, 0.6) is 11.5 Å². The first-order chi connectivity index (χ1) is 14.3. The number of nitrogens with zero attached hydrogens (tertiary/aromatic N) is 1. The molecule has 1 aliphatic rings. The van der Waals surface area contributed by atoms with Gasteiger partial charge in [-0.2, -0.15) is 0 Å². The molecule has 1 aliphatic heterocycles. The average molecular weight is 415 g/mol. The fourth-order valence-electron chi connectivity index (χ4n) is 4.45. The van der Waals surface area contributed by atoms with E-state index < -0.39 is 5.97 Å². The fraction of sp³-hybridized carbons (Fsp3) is 0.478. The number of aromatic amines is 1. The Kier molecular flexibility index (Phi) is 6.51. The van der Waals surface area contributed by atoms with E-state index in [-0.39, 0.29) is 17.9 Å². The van der Waals surface area contributed by atoms with Crippen LogP contribution in [0.3, 0.4) is 0 Å². The molecule has 1 aromatic carbocycles. The molecule has 162 valence electrons. The van der Waals surface area contributed by atoms with E-state index in [4.69, 9.17) is 14.2 Å². The lowest BCUT2D eigenvalue weighted by molar-refractivity contribution is 0.0599. The number of ether oxygens (including phenoxy) is 3. The summed E-state index contributed by atoms with van der Waals surface area (Å²) < 4.78 is 15.9. The van der Waals surface area contributed by atoms with E-state index in [0.29, 0.717) is 22.5 Å². The maximum atomic E-state index is 13.4. The second-order valence-electron chi connectivity index (χ2n) is 7.66. The van der Waals surface area contributed by atoms with Crippen LogP contribution in [0.1, 0.15) is 63.5 Å². The standard InChI is InChI=1S/C23H30N2O5/c1-13-20(23(27)30-6)14(2)24-21(13)22(26)15(3)25-11-7-8-18(25)17-12-16(28-4)9-10-19(17)29-5/h9-10,12,15,18,24H,7-8,11H2,1-6H3/t15-,18-/m1/s1. The van der Waals surface area contributed by atoms with Gasteiger partial charge in [-0.25, -0.2) is 4.79 Å². The number of H-pyrrole nitrogens is 1. The first kappa shape index (κ1) is 21.9. The van der Waals surface area contributed by atoms with Gasteiger partial charge in [0.1, 0.15) is 11.5 Å². The third-order valence-corrected chi connectivity index (χ3v) is 6.04. The molecule has 2 aromatic rings.